The largest absolute Gasteiger partial charge is 0.497 e. The highest BCUT2D eigenvalue weighted by molar-refractivity contribution is 5.87. The van der Waals surface area contributed by atoms with Crippen molar-refractivity contribution in [2.45, 2.75) is 12.3 Å². The van der Waals surface area contributed by atoms with Crippen LogP contribution in [0.1, 0.15) is 23.5 Å². The summed E-state index contributed by atoms with van der Waals surface area (Å²) < 4.78 is 32.0. The fourth-order valence-electron chi connectivity index (χ4n) is 4.32. The quantitative estimate of drug-likeness (QED) is 0.268. The van der Waals surface area contributed by atoms with Crippen LogP contribution in [0.3, 0.4) is 0 Å². The van der Waals surface area contributed by atoms with Crippen molar-refractivity contribution in [3.05, 3.63) is 88.3 Å². The van der Waals surface area contributed by atoms with Gasteiger partial charge < -0.3 is 28.1 Å². The second kappa shape index (κ2) is 12.2. The molecule has 1 atom stereocenters. The standard InChI is InChI=1S/C30H28O9/c1-34-20-9-5-19(6-10-20)24-16-39-30-22(29(24)33)13-14-25(35-2)28(30)23(15-26(31)36-3)18-7-11-21(12-8-18)38-17-27(32)37-4/h5-14,16,23H,15,17H2,1-4H3. The van der Waals surface area contributed by atoms with Crippen molar-refractivity contribution < 1.29 is 37.7 Å². The van der Waals surface area contributed by atoms with E-state index in [-0.39, 0.29) is 18.5 Å². The minimum Gasteiger partial charge on any atom is -0.497 e. The van der Waals surface area contributed by atoms with Crippen molar-refractivity contribution in [3.8, 4) is 28.4 Å². The smallest absolute Gasteiger partial charge is 0.343 e. The number of ether oxygens (including phenoxy) is 5. The van der Waals surface area contributed by atoms with Crippen LogP contribution in [0, 0.1) is 0 Å². The monoisotopic (exact) mass is 532 g/mol. The number of fused-ring (bicyclic) bond motifs is 1. The van der Waals surface area contributed by atoms with Crippen LogP contribution in [0.5, 0.6) is 17.2 Å². The van der Waals surface area contributed by atoms with Gasteiger partial charge in [0.2, 0.25) is 5.43 Å². The fraction of sp³-hybridized carbons (Fsp3) is 0.233. The van der Waals surface area contributed by atoms with Gasteiger partial charge in [0.05, 0.1) is 45.8 Å². The molecule has 0 aliphatic rings. The molecule has 0 fully saturated rings. The summed E-state index contributed by atoms with van der Waals surface area (Å²) in [4.78, 5) is 37.5. The third-order valence-corrected chi connectivity index (χ3v) is 6.37. The topological polar surface area (TPSA) is 110 Å². The normalized spacial score (nSPS) is 11.5. The third kappa shape index (κ3) is 5.87. The van der Waals surface area contributed by atoms with Gasteiger partial charge in [-0.1, -0.05) is 24.3 Å². The summed E-state index contributed by atoms with van der Waals surface area (Å²) in [5, 5.41) is 0.340. The molecule has 0 saturated carbocycles. The lowest BCUT2D eigenvalue weighted by Gasteiger charge is -2.21. The summed E-state index contributed by atoms with van der Waals surface area (Å²) in [5.41, 5.74) is 2.39. The predicted molar refractivity (Wildman–Crippen MR) is 143 cm³/mol. The van der Waals surface area contributed by atoms with Crippen LogP contribution in [0.2, 0.25) is 0 Å². The Hall–Kier alpha value is -4.79. The number of carbonyl (C=O) groups is 2. The van der Waals surface area contributed by atoms with Crippen molar-refractivity contribution in [3.63, 3.8) is 0 Å². The van der Waals surface area contributed by atoms with Gasteiger partial charge in [-0.15, -0.1) is 0 Å². The highest BCUT2D eigenvalue weighted by Gasteiger charge is 2.27. The van der Waals surface area contributed by atoms with E-state index in [9.17, 15) is 14.4 Å². The van der Waals surface area contributed by atoms with Gasteiger partial charge in [-0.25, -0.2) is 4.79 Å². The second-order valence-electron chi connectivity index (χ2n) is 8.53. The summed E-state index contributed by atoms with van der Waals surface area (Å²) in [5.74, 6) is 0.0165. The van der Waals surface area contributed by atoms with Gasteiger partial charge in [-0.05, 0) is 47.5 Å². The first-order chi connectivity index (χ1) is 18.9. The van der Waals surface area contributed by atoms with E-state index in [1.807, 2.05) is 0 Å². The zero-order valence-corrected chi connectivity index (χ0v) is 22.0. The number of carbonyl (C=O) groups excluding carboxylic acids is 2. The Morgan fingerprint density at radius 1 is 0.795 bits per heavy atom. The van der Waals surface area contributed by atoms with E-state index in [1.54, 1.807) is 67.8 Å². The van der Waals surface area contributed by atoms with Gasteiger partial charge in [-0.2, -0.15) is 0 Å². The average Bonchev–Trinajstić information content (AvgIpc) is 2.98. The molecule has 0 aliphatic carbocycles. The molecule has 4 rings (SSSR count). The fourth-order valence-corrected chi connectivity index (χ4v) is 4.32. The van der Waals surface area contributed by atoms with Crippen LogP contribution in [-0.4, -0.2) is 47.0 Å². The maximum atomic E-state index is 13.6. The molecule has 3 aromatic carbocycles. The molecular weight excluding hydrogens is 504 g/mol. The Morgan fingerprint density at radius 2 is 1.46 bits per heavy atom. The van der Waals surface area contributed by atoms with Crippen molar-refractivity contribution in [1.82, 2.24) is 0 Å². The molecule has 9 heteroatoms. The number of methoxy groups -OCH3 is 4. The molecule has 39 heavy (non-hydrogen) atoms. The molecule has 0 N–H and O–H groups in total. The van der Waals surface area contributed by atoms with E-state index in [2.05, 4.69) is 4.74 Å². The molecule has 1 unspecified atom stereocenters. The van der Waals surface area contributed by atoms with E-state index in [4.69, 9.17) is 23.4 Å². The Labute approximate surface area is 224 Å². The van der Waals surface area contributed by atoms with Crippen molar-refractivity contribution >= 4 is 22.9 Å². The lowest BCUT2D eigenvalue weighted by molar-refractivity contribution is -0.143. The highest BCUT2D eigenvalue weighted by Crippen LogP contribution is 2.40. The summed E-state index contributed by atoms with van der Waals surface area (Å²) in [6.45, 7) is -0.236. The molecule has 1 heterocycles. The zero-order chi connectivity index (χ0) is 27.9. The first-order valence-corrected chi connectivity index (χ1v) is 12.0. The van der Waals surface area contributed by atoms with Crippen LogP contribution in [0.15, 0.2) is 76.1 Å². The molecule has 4 aromatic rings. The average molecular weight is 533 g/mol. The van der Waals surface area contributed by atoms with E-state index < -0.39 is 17.9 Å². The number of rotatable bonds is 10. The maximum absolute atomic E-state index is 13.6. The Balaban J connectivity index is 1.82. The summed E-state index contributed by atoms with van der Waals surface area (Å²) in [7, 11) is 5.67. The van der Waals surface area contributed by atoms with E-state index in [0.29, 0.717) is 44.9 Å². The number of esters is 2. The minimum atomic E-state index is -0.583. The molecule has 1 aromatic heterocycles. The molecule has 202 valence electrons. The second-order valence-corrected chi connectivity index (χ2v) is 8.53. The van der Waals surface area contributed by atoms with Gasteiger partial charge in [0, 0.05) is 11.5 Å². The number of hydrogen-bond donors (Lipinski definition) is 0. The highest BCUT2D eigenvalue weighted by atomic mass is 16.6. The SMILES string of the molecule is COC(=O)COc1ccc(C(CC(=O)OC)c2c(OC)ccc3c(=O)c(-c4ccc(OC)cc4)coc23)cc1. The van der Waals surface area contributed by atoms with E-state index in [0.717, 1.165) is 5.56 Å². The first kappa shape index (κ1) is 27.3. The van der Waals surface area contributed by atoms with Crippen molar-refractivity contribution in [2.75, 3.05) is 35.0 Å². The predicted octanol–water partition coefficient (Wildman–Crippen LogP) is 4.72. The molecule has 0 spiro atoms. The van der Waals surface area contributed by atoms with Gasteiger partial charge >= 0.3 is 11.9 Å². The summed E-state index contributed by atoms with van der Waals surface area (Å²) in [6.07, 6.45) is 1.37. The van der Waals surface area contributed by atoms with Crippen LogP contribution in [0.4, 0.5) is 0 Å². The van der Waals surface area contributed by atoms with Gasteiger partial charge in [-0.3, -0.25) is 9.59 Å². The van der Waals surface area contributed by atoms with Gasteiger partial charge in [0.1, 0.15) is 29.1 Å². The van der Waals surface area contributed by atoms with Crippen LogP contribution < -0.4 is 19.6 Å². The van der Waals surface area contributed by atoms with Gasteiger partial charge in [0.15, 0.2) is 6.61 Å². The Kier molecular flexibility index (Phi) is 8.50. The van der Waals surface area contributed by atoms with E-state index >= 15 is 0 Å². The molecule has 0 bridgehead atoms. The first-order valence-electron chi connectivity index (χ1n) is 12.0. The van der Waals surface area contributed by atoms with Crippen LogP contribution >= 0.6 is 0 Å². The lowest BCUT2D eigenvalue weighted by atomic mass is 9.86. The molecule has 0 saturated heterocycles. The minimum absolute atomic E-state index is 0.0434. The van der Waals surface area contributed by atoms with Crippen molar-refractivity contribution in [2.24, 2.45) is 0 Å². The Morgan fingerprint density at radius 3 is 2.08 bits per heavy atom. The summed E-state index contributed by atoms with van der Waals surface area (Å²) in [6, 6.07) is 17.3. The van der Waals surface area contributed by atoms with Crippen LogP contribution in [0.25, 0.3) is 22.1 Å². The molecule has 0 amide bonds. The number of hydrogen-bond acceptors (Lipinski definition) is 9. The number of benzene rings is 3. The lowest BCUT2D eigenvalue weighted by Crippen LogP contribution is -2.14. The summed E-state index contributed by atoms with van der Waals surface area (Å²) >= 11 is 0. The molecule has 9 nitrogen and oxygen atoms in total. The Bertz CT molecular complexity index is 1520. The molecule has 0 radical (unpaired) electrons. The van der Waals surface area contributed by atoms with Crippen LogP contribution in [-0.2, 0) is 19.1 Å². The van der Waals surface area contributed by atoms with Crippen molar-refractivity contribution in [1.29, 1.82) is 0 Å². The molecule has 0 aliphatic heterocycles. The van der Waals surface area contributed by atoms with Gasteiger partial charge in [0.25, 0.3) is 0 Å². The zero-order valence-electron chi connectivity index (χ0n) is 22.0. The maximum Gasteiger partial charge on any atom is 0.343 e. The third-order valence-electron chi connectivity index (χ3n) is 6.37. The molecular formula is C30H28O9. The van der Waals surface area contributed by atoms with E-state index in [1.165, 1.54) is 27.6 Å².